The van der Waals surface area contributed by atoms with Crippen LogP contribution in [-0.4, -0.2) is 18.1 Å². The third-order valence-corrected chi connectivity index (χ3v) is 7.11. The number of methoxy groups -OCH3 is 1. The Labute approximate surface area is 190 Å². The second-order valence-corrected chi connectivity index (χ2v) is 8.76. The van der Waals surface area contributed by atoms with Crippen LogP contribution >= 0.6 is 23.1 Å². The summed E-state index contributed by atoms with van der Waals surface area (Å²) in [4.78, 5) is 16.9. The van der Waals surface area contributed by atoms with Crippen LogP contribution in [0.4, 0.5) is 0 Å². The van der Waals surface area contributed by atoms with E-state index in [0.717, 1.165) is 4.88 Å². The minimum atomic E-state index is -0.448. The zero-order valence-corrected chi connectivity index (χ0v) is 18.6. The SMILES string of the molecule is COC(=O)c1ncsc1C=CSC(c1ccccc1)(c1ccccc1)c1ccccc1. The molecule has 5 heteroatoms. The summed E-state index contributed by atoms with van der Waals surface area (Å²) in [7, 11) is 1.37. The van der Waals surface area contributed by atoms with E-state index < -0.39 is 10.7 Å². The smallest absolute Gasteiger partial charge is 0.358 e. The molecule has 4 aromatic rings. The number of benzene rings is 3. The van der Waals surface area contributed by atoms with Gasteiger partial charge in [0.25, 0.3) is 0 Å². The highest BCUT2D eigenvalue weighted by Crippen LogP contribution is 2.49. The largest absolute Gasteiger partial charge is 0.464 e. The number of aromatic nitrogens is 1. The molecule has 0 aliphatic rings. The number of hydrogen-bond acceptors (Lipinski definition) is 5. The van der Waals surface area contributed by atoms with E-state index in [2.05, 4.69) is 77.8 Å². The van der Waals surface area contributed by atoms with Gasteiger partial charge in [-0.25, -0.2) is 9.78 Å². The first-order valence-corrected chi connectivity index (χ1v) is 11.5. The fourth-order valence-electron chi connectivity index (χ4n) is 3.54. The van der Waals surface area contributed by atoms with E-state index in [9.17, 15) is 4.79 Å². The predicted molar refractivity (Wildman–Crippen MR) is 129 cm³/mol. The fourth-order valence-corrected chi connectivity index (χ4v) is 5.52. The number of ether oxygens (including phenoxy) is 1. The maximum absolute atomic E-state index is 12.0. The lowest BCUT2D eigenvalue weighted by Crippen LogP contribution is -2.24. The van der Waals surface area contributed by atoms with Gasteiger partial charge in [-0.1, -0.05) is 91.0 Å². The van der Waals surface area contributed by atoms with E-state index in [4.69, 9.17) is 4.74 Å². The summed E-state index contributed by atoms with van der Waals surface area (Å²) in [6, 6.07) is 31.5. The molecule has 0 atom stereocenters. The van der Waals surface area contributed by atoms with Crippen molar-refractivity contribution in [3.8, 4) is 0 Å². The van der Waals surface area contributed by atoms with Gasteiger partial charge in [-0.15, -0.1) is 23.1 Å². The molecule has 31 heavy (non-hydrogen) atoms. The predicted octanol–water partition coefficient (Wildman–Crippen LogP) is 6.63. The number of thioether (sulfide) groups is 1. The van der Waals surface area contributed by atoms with Crippen LogP contribution in [0.15, 0.2) is 102 Å². The summed E-state index contributed by atoms with van der Waals surface area (Å²) in [6.45, 7) is 0. The van der Waals surface area contributed by atoms with Crippen LogP contribution in [0, 0.1) is 0 Å². The summed E-state index contributed by atoms with van der Waals surface area (Å²) < 4.78 is 4.41. The van der Waals surface area contributed by atoms with E-state index >= 15 is 0 Å². The number of rotatable bonds is 7. The van der Waals surface area contributed by atoms with Crippen molar-refractivity contribution in [3.05, 3.63) is 129 Å². The Kier molecular flexibility index (Phi) is 6.65. The van der Waals surface area contributed by atoms with Crippen molar-refractivity contribution in [1.29, 1.82) is 0 Å². The minimum Gasteiger partial charge on any atom is -0.464 e. The van der Waals surface area contributed by atoms with Gasteiger partial charge in [-0.2, -0.15) is 0 Å². The molecule has 3 aromatic carbocycles. The Morgan fingerprint density at radius 1 is 0.871 bits per heavy atom. The molecule has 4 rings (SSSR count). The second-order valence-electron chi connectivity index (χ2n) is 6.76. The third-order valence-electron chi connectivity index (χ3n) is 4.98. The number of carbonyl (C=O) groups excluding carboxylic acids is 1. The summed E-state index contributed by atoms with van der Waals surface area (Å²) in [5, 5.41) is 2.05. The lowest BCUT2D eigenvalue weighted by Gasteiger charge is -2.34. The molecule has 154 valence electrons. The first-order valence-electron chi connectivity index (χ1n) is 9.78. The van der Waals surface area contributed by atoms with Gasteiger partial charge in [0.05, 0.1) is 22.2 Å². The van der Waals surface area contributed by atoms with Crippen LogP contribution in [0.1, 0.15) is 32.1 Å². The Morgan fingerprint density at radius 2 is 1.35 bits per heavy atom. The molecule has 0 N–H and O–H groups in total. The van der Waals surface area contributed by atoms with Crippen molar-refractivity contribution in [1.82, 2.24) is 4.98 Å². The van der Waals surface area contributed by atoms with E-state index in [0.29, 0.717) is 5.69 Å². The average molecular weight is 444 g/mol. The highest BCUT2D eigenvalue weighted by atomic mass is 32.2. The molecule has 0 aliphatic heterocycles. The van der Waals surface area contributed by atoms with E-state index in [1.807, 2.05) is 29.7 Å². The molecule has 0 aliphatic carbocycles. The van der Waals surface area contributed by atoms with Crippen molar-refractivity contribution < 1.29 is 9.53 Å². The number of thiazole rings is 1. The van der Waals surface area contributed by atoms with E-state index in [1.54, 1.807) is 17.3 Å². The second kappa shape index (κ2) is 9.77. The molecule has 1 aromatic heterocycles. The van der Waals surface area contributed by atoms with Crippen LogP contribution in [0.25, 0.3) is 6.08 Å². The summed E-state index contributed by atoms with van der Waals surface area (Å²) >= 11 is 3.12. The highest BCUT2D eigenvalue weighted by Gasteiger charge is 2.36. The first-order chi connectivity index (χ1) is 15.3. The topological polar surface area (TPSA) is 39.2 Å². The maximum atomic E-state index is 12.0. The molecule has 0 fully saturated rings. The zero-order valence-electron chi connectivity index (χ0n) is 17.0. The Hall–Kier alpha value is -3.15. The van der Waals surface area contributed by atoms with E-state index in [1.165, 1.54) is 35.1 Å². The van der Waals surface area contributed by atoms with Crippen molar-refractivity contribution >= 4 is 35.1 Å². The Bertz CT molecular complexity index is 1060. The van der Waals surface area contributed by atoms with Gasteiger partial charge < -0.3 is 4.74 Å². The Balaban J connectivity index is 1.83. The molecular weight excluding hydrogens is 422 g/mol. The molecule has 1 heterocycles. The van der Waals surface area contributed by atoms with Crippen LogP contribution in [0.5, 0.6) is 0 Å². The van der Waals surface area contributed by atoms with E-state index in [-0.39, 0.29) is 0 Å². The van der Waals surface area contributed by atoms with Crippen LogP contribution in [0.2, 0.25) is 0 Å². The van der Waals surface area contributed by atoms with Gasteiger partial charge in [-0.3, -0.25) is 0 Å². The minimum absolute atomic E-state index is 0.342. The normalized spacial score (nSPS) is 11.5. The van der Waals surface area contributed by atoms with Crippen molar-refractivity contribution in [2.45, 2.75) is 4.75 Å². The van der Waals surface area contributed by atoms with Crippen molar-refractivity contribution in [3.63, 3.8) is 0 Å². The van der Waals surface area contributed by atoms with Gasteiger partial charge in [0.15, 0.2) is 5.69 Å². The molecule has 0 unspecified atom stereocenters. The van der Waals surface area contributed by atoms with Crippen molar-refractivity contribution in [2.75, 3.05) is 7.11 Å². The van der Waals surface area contributed by atoms with Crippen LogP contribution < -0.4 is 0 Å². The van der Waals surface area contributed by atoms with Gasteiger partial charge in [0.2, 0.25) is 0 Å². The number of hydrogen-bond donors (Lipinski definition) is 0. The first kappa shape index (κ1) is 21.1. The molecular formula is C26H21NO2S2. The summed E-state index contributed by atoms with van der Waals surface area (Å²) in [6.07, 6.45) is 1.94. The van der Waals surface area contributed by atoms with Crippen molar-refractivity contribution in [2.24, 2.45) is 0 Å². The lowest BCUT2D eigenvalue weighted by molar-refractivity contribution is 0.0594. The monoisotopic (exact) mass is 443 g/mol. The average Bonchev–Trinajstić information content (AvgIpc) is 3.32. The third kappa shape index (κ3) is 4.33. The van der Waals surface area contributed by atoms with Crippen LogP contribution in [-0.2, 0) is 9.48 Å². The number of nitrogens with zero attached hydrogens (tertiary/aromatic N) is 1. The molecule has 0 amide bonds. The van der Waals surface area contributed by atoms with Gasteiger partial charge >= 0.3 is 5.97 Å². The zero-order chi connectivity index (χ0) is 21.5. The number of carbonyl (C=O) groups is 1. The summed E-state index contributed by atoms with van der Waals surface area (Å²) in [5.41, 5.74) is 5.54. The fraction of sp³-hybridized carbons (Fsp3) is 0.0769. The highest BCUT2D eigenvalue weighted by molar-refractivity contribution is 8.03. The molecule has 0 bridgehead atoms. The molecule has 0 saturated carbocycles. The Morgan fingerprint density at radius 3 is 1.81 bits per heavy atom. The van der Waals surface area contributed by atoms with Crippen LogP contribution in [0.3, 0.4) is 0 Å². The molecule has 3 nitrogen and oxygen atoms in total. The standard InChI is InChI=1S/C26H21NO2S2/c1-29-25(28)24-23(30-19-27-24)17-18-31-26(20-11-5-2-6-12-20,21-13-7-3-8-14-21)22-15-9-4-10-16-22/h2-19H,1H3. The summed E-state index contributed by atoms with van der Waals surface area (Å²) in [5.74, 6) is -0.425. The molecule has 0 spiro atoms. The van der Waals surface area contributed by atoms with Gasteiger partial charge in [0.1, 0.15) is 0 Å². The lowest BCUT2D eigenvalue weighted by atomic mass is 9.84. The van der Waals surface area contributed by atoms with Gasteiger partial charge in [-0.05, 0) is 28.2 Å². The molecule has 0 saturated heterocycles. The quantitative estimate of drug-likeness (QED) is 0.237. The molecule has 0 radical (unpaired) electrons. The number of esters is 1. The maximum Gasteiger partial charge on any atom is 0.358 e. The van der Waals surface area contributed by atoms with Gasteiger partial charge in [0, 0.05) is 0 Å².